The molecule has 28 heavy (non-hydrogen) atoms. The lowest BCUT2D eigenvalue weighted by atomic mass is 10.3. The lowest BCUT2D eigenvalue weighted by molar-refractivity contribution is 0.298. The van der Waals surface area contributed by atoms with Gasteiger partial charge in [-0.1, -0.05) is 13.8 Å². The lowest BCUT2D eigenvalue weighted by Gasteiger charge is -2.16. The highest BCUT2D eigenvalue weighted by Gasteiger charge is 2.10. The number of aromatic nitrogens is 2. The van der Waals surface area contributed by atoms with E-state index in [9.17, 15) is 8.42 Å². The third-order valence-electron chi connectivity index (χ3n) is 4.28. The van der Waals surface area contributed by atoms with Gasteiger partial charge in [-0.05, 0) is 55.6 Å². The molecule has 0 aliphatic rings. The number of thiophene rings is 1. The maximum Gasteiger partial charge on any atom is 0.238 e. The Balaban J connectivity index is 1.75. The van der Waals surface area contributed by atoms with Crippen LogP contribution in [0.4, 0.5) is 11.6 Å². The summed E-state index contributed by atoms with van der Waals surface area (Å²) in [4.78, 5) is 13.6. The van der Waals surface area contributed by atoms with Gasteiger partial charge in [0.05, 0.1) is 15.5 Å². The van der Waals surface area contributed by atoms with Crippen LogP contribution in [-0.2, 0) is 16.6 Å². The Morgan fingerprint density at radius 1 is 1.07 bits per heavy atom. The Labute approximate surface area is 169 Å². The molecule has 3 aromatic rings. The molecule has 0 unspecified atom stereocenters. The molecule has 0 saturated heterocycles. The Morgan fingerprint density at radius 3 is 2.43 bits per heavy atom. The van der Waals surface area contributed by atoms with E-state index in [4.69, 9.17) is 5.14 Å². The molecule has 0 atom stereocenters. The molecule has 9 heteroatoms. The van der Waals surface area contributed by atoms with Gasteiger partial charge >= 0.3 is 0 Å². The van der Waals surface area contributed by atoms with E-state index >= 15 is 0 Å². The molecule has 2 heterocycles. The van der Waals surface area contributed by atoms with Gasteiger partial charge in [-0.2, -0.15) is 0 Å². The summed E-state index contributed by atoms with van der Waals surface area (Å²) in [6.45, 7) is 7.31. The average Bonchev–Trinajstić information content (AvgIpc) is 3.15. The third-order valence-corrected chi connectivity index (χ3v) is 6.30. The quantitative estimate of drug-likeness (QED) is 0.582. The summed E-state index contributed by atoms with van der Waals surface area (Å²) in [5.74, 6) is 0.444. The van der Waals surface area contributed by atoms with Crippen LogP contribution in [-0.4, -0.2) is 36.4 Å². The minimum absolute atomic E-state index is 0.0621. The summed E-state index contributed by atoms with van der Waals surface area (Å²) >= 11 is 1.72. The van der Waals surface area contributed by atoms with Crippen LogP contribution in [0.15, 0.2) is 53.6 Å². The van der Waals surface area contributed by atoms with Crippen LogP contribution in [0.3, 0.4) is 0 Å². The van der Waals surface area contributed by atoms with Gasteiger partial charge in [0.2, 0.25) is 16.0 Å². The Morgan fingerprint density at radius 2 is 1.79 bits per heavy atom. The molecule has 0 bridgehead atoms. The molecule has 1 aromatic carbocycles. The SMILES string of the molecule is CCN(CC)Cc1ccc(-c2ccnc(Nc3ccc(S(N)(=O)=O)cc3)n2)s1. The van der Waals surface area contributed by atoms with Crippen molar-refractivity contribution in [2.45, 2.75) is 25.3 Å². The minimum atomic E-state index is -3.71. The molecule has 0 aliphatic carbocycles. The van der Waals surface area contributed by atoms with Crippen LogP contribution in [0.1, 0.15) is 18.7 Å². The van der Waals surface area contributed by atoms with E-state index in [1.54, 1.807) is 29.7 Å². The molecule has 148 valence electrons. The fourth-order valence-electron chi connectivity index (χ4n) is 2.68. The fourth-order valence-corrected chi connectivity index (χ4v) is 4.22. The van der Waals surface area contributed by atoms with Crippen LogP contribution in [0.5, 0.6) is 0 Å². The van der Waals surface area contributed by atoms with Crippen LogP contribution >= 0.6 is 11.3 Å². The van der Waals surface area contributed by atoms with Crippen molar-refractivity contribution < 1.29 is 8.42 Å². The number of anilines is 2. The molecule has 3 rings (SSSR count). The van der Waals surface area contributed by atoms with Crippen molar-refractivity contribution in [3.63, 3.8) is 0 Å². The van der Waals surface area contributed by atoms with E-state index in [1.165, 1.54) is 17.0 Å². The first-order valence-electron chi connectivity index (χ1n) is 8.93. The van der Waals surface area contributed by atoms with E-state index in [1.807, 2.05) is 6.07 Å². The summed E-state index contributed by atoms with van der Waals surface area (Å²) in [6, 6.07) is 12.2. The van der Waals surface area contributed by atoms with Crippen molar-refractivity contribution >= 4 is 33.0 Å². The van der Waals surface area contributed by atoms with Gasteiger partial charge < -0.3 is 5.32 Å². The molecule has 0 spiro atoms. The molecule has 0 radical (unpaired) electrons. The zero-order valence-corrected chi connectivity index (χ0v) is 17.4. The number of nitrogens with one attached hydrogen (secondary N) is 1. The average molecular weight is 418 g/mol. The number of sulfonamides is 1. The van der Waals surface area contributed by atoms with E-state index < -0.39 is 10.0 Å². The van der Waals surface area contributed by atoms with Gasteiger partial charge in [-0.15, -0.1) is 11.3 Å². The van der Waals surface area contributed by atoms with Crippen LogP contribution in [0.2, 0.25) is 0 Å². The maximum absolute atomic E-state index is 11.3. The van der Waals surface area contributed by atoms with Gasteiger partial charge in [0.25, 0.3) is 0 Å². The Kier molecular flexibility index (Phi) is 6.40. The van der Waals surface area contributed by atoms with Gasteiger partial charge in [0.15, 0.2) is 0 Å². The normalized spacial score (nSPS) is 11.7. The highest BCUT2D eigenvalue weighted by Crippen LogP contribution is 2.28. The number of hydrogen-bond donors (Lipinski definition) is 2. The van der Waals surface area contributed by atoms with Crippen molar-refractivity contribution in [3.8, 4) is 10.6 Å². The standard InChI is InChI=1S/C19H23N5O2S2/c1-3-24(4-2)13-15-7-10-18(27-15)17-11-12-21-19(23-17)22-14-5-8-16(9-6-14)28(20,25)26/h5-12H,3-4,13H2,1-2H3,(H2,20,25,26)(H,21,22,23). The molecular weight excluding hydrogens is 394 g/mol. The smallest absolute Gasteiger partial charge is 0.238 e. The van der Waals surface area contributed by atoms with Crippen molar-refractivity contribution in [3.05, 3.63) is 53.5 Å². The fraction of sp³-hybridized carbons (Fsp3) is 0.263. The monoisotopic (exact) mass is 417 g/mol. The maximum atomic E-state index is 11.3. The van der Waals surface area contributed by atoms with Gasteiger partial charge in [0, 0.05) is 23.3 Å². The summed E-state index contributed by atoms with van der Waals surface area (Å²) in [5.41, 5.74) is 1.52. The Hall–Kier alpha value is -2.33. The zero-order valence-electron chi connectivity index (χ0n) is 15.8. The van der Waals surface area contributed by atoms with E-state index in [2.05, 4.69) is 46.2 Å². The van der Waals surface area contributed by atoms with Crippen molar-refractivity contribution in [1.82, 2.24) is 14.9 Å². The van der Waals surface area contributed by atoms with Gasteiger partial charge in [-0.3, -0.25) is 4.90 Å². The lowest BCUT2D eigenvalue weighted by Crippen LogP contribution is -2.21. The number of nitrogens with two attached hydrogens (primary N) is 1. The van der Waals surface area contributed by atoms with Gasteiger partial charge in [-0.25, -0.2) is 23.5 Å². The molecule has 0 fully saturated rings. The van der Waals surface area contributed by atoms with Crippen molar-refractivity contribution in [2.24, 2.45) is 5.14 Å². The van der Waals surface area contributed by atoms with Crippen molar-refractivity contribution in [1.29, 1.82) is 0 Å². The molecule has 3 N–H and O–H groups in total. The van der Waals surface area contributed by atoms with Crippen LogP contribution in [0, 0.1) is 0 Å². The molecular formula is C19H23N5O2S2. The predicted octanol–water partition coefficient (Wildman–Crippen LogP) is 3.44. The minimum Gasteiger partial charge on any atom is -0.324 e. The number of rotatable bonds is 8. The van der Waals surface area contributed by atoms with E-state index in [0.717, 1.165) is 30.2 Å². The van der Waals surface area contributed by atoms with Crippen molar-refractivity contribution in [2.75, 3.05) is 18.4 Å². The summed E-state index contributed by atoms with van der Waals surface area (Å²) in [5, 5.41) is 8.21. The summed E-state index contributed by atoms with van der Waals surface area (Å²) < 4.78 is 22.7. The number of primary sulfonamides is 1. The topological polar surface area (TPSA) is 101 Å². The third kappa shape index (κ3) is 5.14. The number of nitrogens with zero attached hydrogens (tertiary/aromatic N) is 3. The second-order valence-corrected chi connectivity index (χ2v) is 8.92. The number of hydrogen-bond acceptors (Lipinski definition) is 7. The first-order chi connectivity index (χ1) is 13.4. The van der Waals surface area contributed by atoms with Crippen LogP contribution < -0.4 is 10.5 Å². The highest BCUT2D eigenvalue weighted by atomic mass is 32.2. The molecule has 0 amide bonds. The first-order valence-corrected chi connectivity index (χ1v) is 11.3. The zero-order chi connectivity index (χ0) is 20.1. The Bertz CT molecular complexity index is 1030. The van der Waals surface area contributed by atoms with E-state index in [0.29, 0.717) is 11.6 Å². The summed E-state index contributed by atoms with van der Waals surface area (Å²) in [7, 11) is -3.71. The second kappa shape index (κ2) is 8.78. The highest BCUT2D eigenvalue weighted by molar-refractivity contribution is 7.89. The van der Waals surface area contributed by atoms with E-state index in [-0.39, 0.29) is 4.90 Å². The molecule has 2 aromatic heterocycles. The first kappa shape index (κ1) is 20.4. The molecule has 0 aliphatic heterocycles. The summed E-state index contributed by atoms with van der Waals surface area (Å²) in [6.07, 6.45) is 1.70. The van der Waals surface area contributed by atoms with Crippen LogP contribution in [0.25, 0.3) is 10.6 Å². The number of benzene rings is 1. The van der Waals surface area contributed by atoms with Gasteiger partial charge in [0.1, 0.15) is 0 Å². The predicted molar refractivity (Wildman–Crippen MR) is 113 cm³/mol. The molecule has 7 nitrogen and oxygen atoms in total. The largest absolute Gasteiger partial charge is 0.324 e. The molecule has 0 saturated carbocycles. The second-order valence-electron chi connectivity index (χ2n) is 6.19.